The van der Waals surface area contributed by atoms with E-state index in [0.29, 0.717) is 35.7 Å². The number of nitrogens with one attached hydrogen (secondary N) is 2. The lowest BCUT2D eigenvalue weighted by molar-refractivity contribution is -0.120. The minimum absolute atomic E-state index is 0.0165. The zero-order chi connectivity index (χ0) is 25.2. The monoisotopic (exact) mass is 500 g/mol. The average Bonchev–Trinajstić information content (AvgIpc) is 3.47. The number of aryl methyl sites for hydroxylation is 2. The maximum absolute atomic E-state index is 13.6. The Balaban J connectivity index is 1.50. The smallest absolute Gasteiger partial charge is 0.341 e. The molecule has 0 saturated carbocycles. The summed E-state index contributed by atoms with van der Waals surface area (Å²) in [4.78, 5) is 28.3. The van der Waals surface area contributed by atoms with Gasteiger partial charge < -0.3 is 19.6 Å². The van der Waals surface area contributed by atoms with Crippen molar-refractivity contribution in [2.45, 2.75) is 38.5 Å². The van der Waals surface area contributed by atoms with E-state index in [0.717, 1.165) is 5.56 Å². The number of ether oxygens (including phenoxy) is 1. The molecule has 1 aliphatic rings. The predicted octanol–water partition coefficient (Wildman–Crippen LogP) is 3.50. The van der Waals surface area contributed by atoms with Crippen LogP contribution in [-0.2, 0) is 19.6 Å². The first-order valence-electron chi connectivity index (χ1n) is 11.4. The highest BCUT2D eigenvalue weighted by molar-refractivity contribution is 7.89. The fraction of sp³-hybridized carbons (Fsp3) is 0.375. The minimum Gasteiger partial charge on any atom is -0.462 e. The number of aromatic nitrogens is 2. The van der Waals surface area contributed by atoms with Crippen molar-refractivity contribution in [3.05, 3.63) is 53.5 Å². The number of amides is 1. The number of piperidine rings is 1. The van der Waals surface area contributed by atoms with Crippen LogP contribution in [-0.4, -0.2) is 54.4 Å². The number of sulfonamides is 1. The molecule has 35 heavy (non-hydrogen) atoms. The Morgan fingerprint density at radius 3 is 2.60 bits per heavy atom. The summed E-state index contributed by atoms with van der Waals surface area (Å²) in [5.74, 6) is -0.856. The second kappa shape index (κ2) is 10.0. The summed E-state index contributed by atoms with van der Waals surface area (Å²) in [6.07, 6.45) is 2.64. The van der Waals surface area contributed by atoms with Crippen molar-refractivity contribution in [3.8, 4) is 11.3 Å². The zero-order valence-electron chi connectivity index (χ0n) is 19.8. The van der Waals surface area contributed by atoms with E-state index >= 15 is 0 Å². The lowest BCUT2D eigenvalue weighted by atomic mass is 9.98. The van der Waals surface area contributed by atoms with Gasteiger partial charge in [0.1, 0.15) is 10.5 Å². The van der Waals surface area contributed by atoms with E-state index in [1.807, 2.05) is 12.1 Å². The number of carbonyl (C=O) groups excluding carboxylic acids is 2. The van der Waals surface area contributed by atoms with Gasteiger partial charge in [-0.2, -0.15) is 4.31 Å². The molecule has 1 amide bonds. The first kappa shape index (κ1) is 24.7. The lowest BCUT2D eigenvalue weighted by Crippen LogP contribution is -2.44. The van der Waals surface area contributed by atoms with Crippen LogP contribution in [0.25, 0.3) is 11.3 Å². The van der Waals surface area contributed by atoms with E-state index in [1.165, 1.54) is 4.31 Å². The van der Waals surface area contributed by atoms with Gasteiger partial charge in [0.2, 0.25) is 15.9 Å². The molecule has 0 spiro atoms. The first-order valence-corrected chi connectivity index (χ1v) is 12.8. The highest BCUT2D eigenvalue weighted by Crippen LogP contribution is 2.31. The molecule has 3 heterocycles. The van der Waals surface area contributed by atoms with Gasteiger partial charge in [-0.25, -0.2) is 13.2 Å². The molecule has 1 aliphatic heterocycles. The molecule has 0 bridgehead atoms. The van der Waals surface area contributed by atoms with Crippen molar-refractivity contribution in [2.75, 3.05) is 25.0 Å². The summed E-state index contributed by atoms with van der Waals surface area (Å²) in [5.41, 5.74) is 2.23. The topological polar surface area (TPSA) is 135 Å². The molecule has 1 aromatic carbocycles. The van der Waals surface area contributed by atoms with Crippen molar-refractivity contribution >= 4 is 27.6 Å². The molecule has 0 unspecified atom stereocenters. The Morgan fingerprint density at radius 1 is 1.20 bits per heavy atom. The van der Waals surface area contributed by atoms with Crippen molar-refractivity contribution < 1.29 is 27.3 Å². The second-order valence-electron chi connectivity index (χ2n) is 8.45. The van der Waals surface area contributed by atoms with Crippen LogP contribution in [0.15, 0.2) is 45.9 Å². The van der Waals surface area contributed by atoms with Crippen LogP contribution in [0.1, 0.15) is 41.5 Å². The number of anilines is 1. The zero-order valence-corrected chi connectivity index (χ0v) is 20.6. The normalized spacial score (nSPS) is 16.7. The number of nitrogens with zero attached hydrogens (tertiary/aromatic N) is 2. The van der Waals surface area contributed by atoms with Gasteiger partial charge in [0.15, 0.2) is 5.76 Å². The van der Waals surface area contributed by atoms with E-state index in [1.54, 1.807) is 45.2 Å². The molecule has 0 radical (unpaired) electrons. The van der Waals surface area contributed by atoms with Crippen LogP contribution in [0.4, 0.5) is 5.69 Å². The van der Waals surface area contributed by atoms with Crippen molar-refractivity contribution in [1.82, 2.24) is 14.4 Å². The number of H-pyrrole nitrogens is 1. The number of hydrogen-bond acceptors (Lipinski definition) is 7. The van der Waals surface area contributed by atoms with Crippen molar-refractivity contribution in [3.63, 3.8) is 0 Å². The molecule has 186 valence electrons. The van der Waals surface area contributed by atoms with Crippen LogP contribution in [0.5, 0.6) is 0 Å². The summed E-state index contributed by atoms with van der Waals surface area (Å²) in [6, 6.07) is 8.87. The van der Waals surface area contributed by atoms with E-state index in [9.17, 15) is 18.0 Å². The lowest BCUT2D eigenvalue weighted by Gasteiger charge is -2.31. The molecular weight excluding hydrogens is 472 g/mol. The van der Waals surface area contributed by atoms with Gasteiger partial charge in [-0.3, -0.25) is 4.79 Å². The molecular formula is C24H28N4O6S. The van der Waals surface area contributed by atoms with Gasteiger partial charge in [-0.05, 0) is 57.9 Å². The van der Waals surface area contributed by atoms with Crippen molar-refractivity contribution in [2.24, 2.45) is 5.92 Å². The quantitative estimate of drug-likeness (QED) is 0.474. The van der Waals surface area contributed by atoms with Crippen LogP contribution in [0, 0.1) is 19.8 Å². The van der Waals surface area contributed by atoms with E-state index in [4.69, 9.17) is 9.26 Å². The largest absolute Gasteiger partial charge is 0.462 e. The number of rotatable bonds is 7. The van der Waals surface area contributed by atoms with E-state index < -0.39 is 21.9 Å². The van der Waals surface area contributed by atoms with Crippen LogP contribution in [0.3, 0.4) is 0 Å². The molecule has 1 saturated heterocycles. The molecule has 10 nitrogen and oxygen atoms in total. The third-order valence-electron chi connectivity index (χ3n) is 6.02. The van der Waals surface area contributed by atoms with Crippen LogP contribution in [0.2, 0.25) is 0 Å². The number of hydrogen-bond donors (Lipinski definition) is 2. The van der Waals surface area contributed by atoms with Gasteiger partial charge in [0, 0.05) is 41.8 Å². The molecule has 3 aromatic rings. The summed E-state index contributed by atoms with van der Waals surface area (Å²) >= 11 is 0. The van der Waals surface area contributed by atoms with Gasteiger partial charge in [0.05, 0.1) is 18.7 Å². The fourth-order valence-corrected chi connectivity index (χ4v) is 6.30. The van der Waals surface area contributed by atoms with E-state index in [-0.39, 0.29) is 36.1 Å². The van der Waals surface area contributed by atoms with Crippen LogP contribution < -0.4 is 5.32 Å². The maximum atomic E-state index is 13.6. The Hall–Kier alpha value is -3.44. The predicted molar refractivity (Wildman–Crippen MR) is 128 cm³/mol. The molecule has 2 N–H and O–H groups in total. The highest BCUT2D eigenvalue weighted by Gasteiger charge is 2.38. The van der Waals surface area contributed by atoms with E-state index in [2.05, 4.69) is 15.5 Å². The molecule has 1 atom stereocenters. The fourth-order valence-electron chi connectivity index (χ4n) is 4.36. The SMILES string of the molecule is CCOC(=O)c1c(C)[nH]c(C)c1S(=O)(=O)N1CCC[C@@H](C(=O)Nc2ccc(-c3ccno3)cc2)C1. The number of aromatic amines is 1. The molecule has 11 heteroatoms. The third kappa shape index (κ3) is 5.01. The summed E-state index contributed by atoms with van der Waals surface area (Å²) < 4.78 is 38.7. The number of esters is 1. The minimum atomic E-state index is -4.03. The number of carbonyl (C=O) groups is 2. The molecule has 2 aromatic heterocycles. The first-order chi connectivity index (χ1) is 16.7. The Bertz CT molecular complexity index is 1310. The number of benzene rings is 1. The Kier molecular flexibility index (Phi) is 7.08. The standard InChI is InChI=1S/C24H28N4O6S/c1-4-33-24(30)21-15(2)26-16(3)22(21)35(31,32)28-13-5-6-18(14-28)23(29)27-19-9-7-17(8-10-19)20-11-12-25-34-20/h7-12,18,26H,4-6,13-14H2,1-3H3,(H,27,29)/t18-/m1/s1. The highest BCUT2D eigenvalue weighted by atomic mass is 32.2. The average molecular weight is 501 g/mol. The third-order valence-corrected chi connectivity index (χ3v) is 8.06. The Morgan fingerprint density at radius 2 is 1.94 bits per heavy atom. The van der Waals surface area contributed by atoms with Gasteiger partial charge in [-0.15, -0.1) is 0 Å². The molecule has 0 aliphatic carbocycles. The summed E-state index contributed by atoms with van der Waals surface area (Å²) in [6.45, 7) is 5.33. The van der Waals surface area contributed by atoms with Gasteiger partial charge in [-0.1, -0.05) is 5.16 Å². The van der Waals surface area contributed by atoms with Crippen molar-refractivity contribution in [1.29, 1.82) is 0 Å². The second-order valence-corrected chi connectivity index (χ2v) is 10.3. The maximum Gasteiger partial charge on any atom is 0.341 e. The summed E-state index contributed by atoms with van der Waals surface area (Å²) in [7, 11) is -4.03. The molecule has 1 fully saturated rings. The van der Waals surface area contributed by atoms with Gasteiger partial charge >= 0.3 is 5.97 Å². The Labute approximate surface area is 203 Å². The van der Waals surface area contributed by atoms with Gasteiger partial charge in [0.25, 0.3) is 0 Å². The summed E-state index contributed by atoms with van der Waals surface area (Å²) in [5, 5.41) is 6.55. The molecule has 4 rings (SSSR count). The van der Waals surface area contributed by atoms with Crippen LogP contribution >= 0.6 is 0 Å².